The zero-order valence-electron chi connectivity index (χ0n) is 6.87. The number of hydroxylamine groups is 3. The van der Waals surface area contributed by atoms with Crippen LogP contribution in [0.5, 0.6) is 0 Å². The van der Waals surface area contributed by atoms with Crippen molar-refractivity contribution in [2.24, 2.45) is 0 Å². The summed E-state index contributed by atoms with van der Waals surface area (Å²) in [6.07, 6.45) is 0. The van der Waals surface area contributed by atoms with E-state index in [1.165, 1.54) is 0 Å². The summed E-state index contributed by atoms with van der Waals surface area (Å²) in [6, 6.07) is 0.292. The minimum atomic E-state index is -0.500. The second-order valence-electron chi connectivity index (χ2n) is 2.67. The van der Waals surface area contributed by atoms with E-state index in [1.54, 1.807) is 14.1 Å². The molecule has 0 saturated carbocycles. The third kappa shape index (κ3) is 10.5. The van der Waals surface area contributed by atoms with E-state index in [9.17, 15) is 0 Å². The van der Waals surface area contributed by atoms with E-state index in [0.717, 1.165) is 0 Å². The quantitative estimate of drug-likeness (QED) is 0.299. The first kappa shape index (κ1) is 12.3. The van der Waals surface area contributed by atoms with E-state index >= 15 is 0 Å². The first-order chi connectivity index (χ1) is 4.36. The van der Waals surface area contributed by atoms with Crippen molar-refractivity contribution in [3.05, 3.63) is 0 Å². The van der Waals surface area contributed by atoms with Gasteiger partial charge in [-0.3, -0.25) is 0 Å². The van der Waals surface area contributed by atoms with Gasteiger partial charge in [-0.2, -0.15) is 4.65 Å². The molecule has 0 aromatic heterocycles. The summed E-state index contributed by atoms with van der Waals surface area (Å²) in [5.41, 5.74) is 0. The van der Waals surface area contributed by atoms with Gasteiger partial charge in [0.1, 0.15) is 6.04 Å². The molecule has 0 aromatic rings. The van der Waals surface area contributed by atoms with E-state index in [2.05, 4.69) is 0 Å². The summed E-state index contributed by atoms with van der Waals surface area (Å²) in [5.74, 6) is 0. The average Bonchev–Trinajstić information content (AvgIpc) is 1.64. The first-order valence-electron chi connectivity index (χ1n) is 2.98. The Morgan fingerprint density at radius 1 is 1.50 bits per heavy atom. The number of quaternary nitrogens is 1. The zero-order chi connectivity index (χ0) is 8.78. The summed E-state index contributed by atoms with van der Waals surface area (Å²) in [4.78, 5) is 0. The zero-order valence-corrected chi connectivity index (χ0v) is 6.87. The van der Waals surface area contributed by atoms with Crippen molar-refractivity contribution in [1.29, 1.82) is 0 Å². The van der Waals surface area contributed by atoms with Crippen molar-refractivity contribution >= 4 is 7.35 Å². The second kappa shape index (κ2) is 5.38. The van der Waals surface area contributed by atoms with Gasteiger partial charge in [0, 0.05) is 0 Å². The van der Waals surface area contributed by atoms with Crippen molar-refractivity contribution in [2.45, 2.75) is 19.9 Å². The van der Waals surface area contributed by atoms with Crippen LogP contribution in [-0.4, -0.2) is 37.3 Å². The Hall–Kier alpha value is -0.415. The van der Waals surface area contributed by atoms with E-state index in [4.69, 9.17) is 14.9 Å². The molecule has 0 spiro atoms. The third-order valence-electron chi connectivity index (χ3n) is 1.26. The van der Waals surface area contributed by atoms with Gasteiger partial charge >= 0.3 is 17.1 Å². The maximum absolute atomic E-state index is 9.03. The van der Waals surface area contributed by atoms with E-state index in [-0.39, 0.29) is 4.65 Å². The van der Waals surface area contributed by atoms with Crippen LogP contribution < -0.4 is 5.02 Å². The van der Waals surface area contributed by atoms with Crippen LogP contribution >= 0.6 is 0 Å². The van der Waals surface area contributed by atoms with Gasteiger partial charge < -0.3 is 0 Å². The summed E-state index contributed by atoms with van der Waals surface area (Å²) >= 11 is 0. The van der Waals surface area contributed by atoms with Gasteiger partial charge in [0.2, 0.25) is 0 Å². The molecule has 0 saturated heterocycles. The molecule has 0 bridgehead atoms. The molecule has 0 aliphatic carbocycles. The molecular formula is C5H14BNO3. The number of nitrogens with zero attached hydrogens (tertiary/aromatic N) is 1. The van der Waals surface area contributed by atoms with Crippen molar-refractivity contribution in [3.8, 4) is 0 Å². The summed E-state index contributed by atoms with van der Waals surface area (Å²) in [5, 5.41) is 17.3. The van der Waals surface area contributed by atoms with Crippen molar-refractivity contribution in [1.82, 2.24) is 0 Å². The molecule has 60 valence electrons. The van der Waals surface area contributed by atoms with Crippen LogP contribution in [0.25, 0.3) is 0 Å². The van der Waals surface area contributed by atoms with Gasteiger partial charge in [0.15, 0.2) is 0 Å². The standard InChI is InChI=1S/C5H14NO.BO2/c1-5(2)6(3,4)7;2-1-3/h5,7H,1-4H3;/q+1;-1. The molecule has 0 heterocycles. The van der Waals surface area contributed by atoms with Crippen LogP contribution in [0.2, 0.25) is 0 Å². The van der Waals surface area contributed by atoms with Gasteiger partial charge in [0.25, 0.3) is 0 Å². The SMILES string of the molecule is CC(C)[N+](C)(C)O.O=B[O-]. The van der Waals surface area contributed by atoms with Gasteiger partial charge in [-0.15, -0.1) is 0 Å². The fourth-order valence-electron chi connectivity index (χ4n) is 0. The summed E-state index contributed by atoms with van der Waals surface area (Å²) in [7, 11) is 3.01. The Kier molecular flexibility index (Phi) is 6.60. The second-order valence-corrected chi connectivity index (χ2v) is 2.67. The van der Waals surface area contributed by atoms with Crippen LogP contribution in [0, 0.1) is 0 Å². The molecule has 0 radical (unpaired) electrons. The molecule has 0 unspecified atom stereocenters. The number of hydrogen-bond acceptors (Lipinski definition) is 3. The topological polar surface area (TPSA) is 60.4 Å². The fraction of sp³-hybridized carbons (Fsp3) is 1.00. The molecule has 0 aromatic carbocycles. The van der Waals surface area contributed by atoms with Gasteiger partial charge in [-0.05, 0) is 13.8 Å². The number of hydrogen-bond donors (Lipinski definition) is 1. The van der Waals surface area contributed by atoms with E-state index < -0.39 is 7.35 Å². The van der Waals surface area contributed by atoms with Gasteiger partial charge in [-0.25, -0.2) is 5.21 Å². The summed E-state index contributed by atoms with van der Waals surface area (Å²) < 4.78 is 8.31. The fourth-order valence-corrected chi connectivity index (χ4v) is 0. The van der Waals surface area contributed by atoms with E-state index in [0.29, 0.717) is 6.04 Å². The number of rotatable bonds is 1. The van der Waals surface area contributed by atoms with Crippen molar-refractivity contribution in [3.63, 3.8) is 0 Å². The van der Waals surface area contributed by atoms with Crippen LogP contribution in [-0.2, 0) is 4.70 Å². The van der Waals surface area contributed by atoms with Crippen LogP contribution in [0.15, 0.2) is 0 Å². The first-order valence-corrected chi connectivity index (χ1v) is 2.98. The third-order valence-corrected chi connectivity index (χ3v) is 1.26. The molecule has 0 atom stereocenters. The molecule has 0 aliphatic heterocycles. The van der Waals surface area contributed by atoms with E-state index in [1.807, 2.05) is 13.8 Å². The van der Waals surface area contributed by atoms with Crippen molar-refractivity contribution in [2.75, 3.05) is 14.1 Å². The minimum absolute atomic E-state index is 0.0556. The Bertz CT molecular complexity index is 89.4. The Morgan fingerprint density at radius 2 is 1.60 bits per heavy atom. The Morgan fingerprint density at radius 3 is 1.60 bits per heavy atom. The molecule has 0 fully saturated rings. The van der Waals surface area contributed by atoms with Crippen molar-refractivity contribution < 1.29 is 19.6 Å². The van der Waals surface area contributed by atoms with Gasteiger partial charge in [-0.1, -0.05) is 0 Å². The molecule has 4 nitrogen and oxygen atoms in total. The molecular weight excluding hydrogens is 133 g/mol. The normalized spacial score (nSPS) is 9.80. The Balaban J connectivity index is 0. The molecule has 5 heteroatoms. The van der Waals surface area contributed by atoms with Crippen LogP contribution in [0.3, 0.4) is 0 Å². The summed E-state index contributed by atoms with van der Waals surface area (Å²) in [6.45, 7) is 3.94. The predicted octanol–water partition coefficient (Wildman–Crippen LogP) is -0.828. The van der Waals surface area contributed by atoms with Crippen LogP contribution in [0.1, 0.15) is 13.8 Å². The molecule has 0 rings (SSSR count). The van der Waals surface area contributed by atoms with Crippen LogP contribution in [0.4, 0.5) is 0 Å². The maximum atomic E-state index is 9.03. The molecule has 1 N–H and O–H groups in total. The molecule has 0 amide bonds. The molecule has 10 heavy (non-hydrogen) atoms. The predicted molar refractivity (Wildman–Crippen MR) is 35.5 cm³/mol. The monoisotopic (exact) mass is 147 g/mol. The molecule has 0 aliphatic rings. The Labute approximate surface area is 61.9 Å². The van der Waals surface area contributed by atoms with Gasteiger partial charge in [0.05, 0.1) is 14.1 Å². The average molecular weight is 147 g/mol.